The first-order chi connectivity index (χ1) is 9.64. The zero-order valence-electron chi connectivity index (χ0n) is 11.1. The molecule has 0 aliphatic carbocycles. The molecule has 5 heteroatoms. The van der Waals surface area contributed by atoms with E-state index in [0.29, 0.717) is 18.9 Å². The summed E-state index contributed by atoms with van der Waals surface area (Å²) >= 11 is 0. The molecular weight excluding hydrogens is 264 g/mol. The van der Waals surface area contributed by atoms with E-state index in [1.54, 1.807) is 30.4 Å². The number of ether oxygens (including phenoxy) is 1. The van der Waals surface area contributed by atoms with Gasteiger partial charge >= 0.3 is 5.92 Å². The molecule has 0 N–H and O–H groups in total. The predicted octanol–water partition coefficient (Wildman–Crippen LogP) is 3.86. The van der Waals surface area contributed by atoms with Crippen molar-refractivity contribution in [3.63, 3.8) is 0 Å². The van der Waals surface area contributed by atoms with E-state index in [-0.39, 0.29) is 5.56 Å². The van der Waals surface area contributed by atoms with E-state index in [1.165, 1.54) is 18.2 Å². The molecule has 0 fully saturated rings. The van der Waals surface area contributed by atoms with Crippen LogP contribution in [0.2, 0.25) is 0 Å². The maximum Gasteiger partial charge on any atom is 0.332 e. The van der Waals surface area contributed by atoms with Crippen molar-refractivity contribution < 1.29 is 18.0 Å². The van der Waals surface area contributed by atoms with Gasteiger partial charge in [-0.2, -0.15) is 8.78 Å². The van der Waals surface area contributed by atoms with Crippen molar-refractivity contribution in [1.82, 2.24) is 5.16 Å². The third-order valence-corrected chi connectivity index (χ3v) is 2.68. The van der Waals surface area contributed by atoms with Crippen LogP contribution >= 0.6 is 0 Å². The van der Waals surface area contributed by atoms with Crippen LogP contribution in [0, 0.1) is 0 Å². The Bertz CT molecular complexity index is 564. The van der Waals surface area contributed by atoms with Crippen LogP contribution in [0.5, 0.6) is 0 Å². The number of alkyl halides is 2. The molecule has 0 unspecified atom stereocenters. The Morgan fingerprint density at radius 2 is 2.05 bits per heavy atom. The molecule has 0 radical (unpaired) electrons. The Labute approximate surface area is 115 Å². The quantitative estimate of drug-likeness (QED) is 0.753. The number of halogens is 2. The van der Waals surface area contributed by atoms with Crippen LogP contribution in [0.15, 0.2) is 47.0 Å². The summed E-state index contributed by atoms with van der Waals surface area (Å²) in [6, 6.07) is 8.74. The minimum Gasteiger partial charge on any atom is -0.378 e. The van der Waals surface area contributed by atoms with Crippen LogP contribution in [0.25, 0.3) is 6.08 Å². The lowest BCUT2D eigenvalue weighted by Gasteiger charge is -2.12. The molecule has 0 saturated heterocycles. The van der Waals surface area contributed by atoms with Crippen LogP contribution in [0.3, 0.4) is 0 Å². The molecule has 1 heterocycles. The van der Waals surface area contributed by atoms with Gasteiger partial charge < -0.3 is 9.26 Å². The van der Waals surface area contributed by atoms with Crippen molar-refractivity contribution in [2.24, 2.45) is 0 Å². The van der Waals surface area contributed by atoms with E-state index in [1.807, 2.05) is 6.92 Å². The highest BCUT2D eigenvalue weighted by atomic mass is 19.3. The van der Waals surface area contributed by atoms with Crippen LogP contribution < -0.4 is 0 Å². The van der Waals surface area contributed by atoms with Gasteiger partial charge in [-0.1, -0.05) is 41.6 Å². The highest BCUT2D eigenvalue weighted by molar-refractivity contribution is 5.45. The van der Waals surface area contributed by atoms with E-state index in [9.17, 15) is 8.78 Å². The SMILES string of the molecule is CCOC/C=C/c1cc(C(F)(F)c2ccccc2)on1. The molecule has 0 atom stereocenters. The molecule has 2 aromatic rings. The first-order valence-corrected chi connectivity index (χ1v) is 6.29. The van der Waals surface area contributed by atoms with Crippen LogP contribution in [0.1, 0.15) is 23.9 Å². The van der Waals surface area contributed by atoms with Gasteiger partial charge in [0.1, 0.15) is 5.69 Å². The fourth-order valence-electron chi connectivity index (χ4n) is 1.66. The Morgan fingerprint density at radius 3 is 2.75 bits per heavy atom. The van der Waals surface area contributed by atoms with Crippen molar-refractivity contribution in [2.75, 3.05) is 13.2 Å². The van der Waals surface area contributed by atoms with Crippen LogP contribution in [-0.4, -0.2) is 18.4 Å². The van der Waals surface area contributed by atoms with Gasteiger partial charge in [-0.15, -0.1) is 0 Å². The normalized spacial score (nSPS) is 12.2. The van der Waals surface area contributed by atoms with Crippen molar-refractivity contribution in [2.45, 2.75) is 12.8 Å². The third kappa shape index (κ3) is 3.30. The fraction of sp³-hybridized carbons (Fsp3) is 0.267. The number of nitrogens with zero attached hydrogens (tertiary/aromatic N) is 1. The molecule has 3 nitrogen and oxygen atoms in total. The summed E-state index contributed by atoms with van der Waals surface area (Å²) in [5.41, 5.74) is 0.219. The predicted molar refractivity (Wildman–Crippen MR) is 71.5 cm³/mol. The first-order valence-electron chi connectivity index (χ1n) is 6.29. The highest BCUT2D eigenvalue weighted by Crippen LogP contribution is 2.35. The van der Waals surface area contributed by atoms with Gasteiger partial charge in [0.25, 0.3) is 0 Å². The van der Waals surface area contributed by atoms with E-state index in [0.717, 1.165) is 0 Å². The van der Waals surface area contributed by atoms with Gasteiger partial charge in [0.05, 0.1) is 6.61 Å². The summed E-state index contributed by atoms with van der Waals surface area (Å²) < 4.78 is 38.2. The van der Waals surface area contributed by atoms with Gasteiger partial charge in [-0.05, 0) is 13.0 Å². The van der Waals surface area contributed by atoms with E-state index >= 15 is 0 Å². The van der Waals surface area contributed by atoms with Gasteiger partial charge in [-0.3, -0.25) is 0 Å². The second kappa shape index (κ2) is 6.43. The average Bonchev–Trinajstić information content (AvgIpc) is 2.94. The Morgan fingerprint density at radius 1 is 1.30 bits per heavy atom. The van der Waals surface area contributed by atoms with Crippen molar-refractivity contribution in [1.29, 1.82) is 0 Å². The molecule has 0 saturated carbocycles. The minimum atomic E-state index is -3.19. The second-order valence-corrected chi connectivity index (χ2v) is 4.12. The topological polar surface area (TPSA) is 35.3 Å². The third-order valence-electron chi connectivity index (χ3n) is 2.68. The maximum absolute atomic E-state index is 14.2. The molecule has 1 aromatic heterocycles. The van der Waals surface area contributed by atoms with Crippen LogP contribution in [0.4, 0.5) is 8.78 Å². The van der Waals surface area contributed by atoms with E-state index < -0.39 is 11.7 Å². The van der Waals surface area contributed by atoms with Gasteiger partial charge in [0.15, 0.2) is 0 Å². The summed E-state index contributed by atoms with van der Waals surface area (Å²) in [5, 5.41) is 3.61. The monoisotopic (exact) mass is 279 g/mol. The second-order valence-electron chi connectivity index (χ2n) is 4.12. The smallest absolute Gasteiger partial charge is 0.332 e. The van der Waals surface area contributed by atoms with Crippen molar-refractivity contribution in [3.8, 4) is 0 Å². The molecule has 0 amide bonds. The lowest BCUT2D eigenvalue weighted by molar-refractivity contribution is 0.0131. The standard InChI is InChI=1S/C15H15F2NO2/c1-2-19-10-6-9-13-11-14(20-18-13)15(16,17)12-7-4-3-5-8-12/h3-9,11H,2,10H2,1H3/b9-6+. The number of rotatable bonds is 6. The molecule has 0 aliphatic rings. The largest absolute Gasteiger partial charge is 0.378 e. The molecule has 106 valence electrons. The summed E-state index contributed by atoms with van der Waals surface area (Å²) in [6.45, 7) is 2.89. The number of aromatic nitrogens is 1. The highest BCUT2D eigenvalue weighted by Gasteiger charge is 2.38. The zero-order chi connectivity index (χ0) is 14.4. The first kappa shape index (κ1) is 14.4. The van der Waals surface area contributed by atoms with Gasteiger partial charge in [0, 0.05) is 18.2 Å². The molecule has 1 aromatic carbocycles. The zero-order valence-corrected chi connectivity index (χ0v) is 11.1. The number of benzene rings is 1. The van der Waals surface area contributed by atoms with E-state index in [4.69, 9.17) is 9.26 Å². The molecular formula is C15H15F2NO2. The molecule has 0 bridgehead atoms. The van der Waals surface area contributed by atoms with E-state index in [2.05, 4.69) is 5.16 Å². The lowest BCUT2D eigenvalue weighted by Crippen LogP contribution is -2.13. The van der Waals surface area contributed by atoms with Crippen molar-refractivity contribution >= 4 is 6.08 Å². The Hall–Kier alpha value is -2.01. The minimum absolute atomic E-state index is 0.124. The summed E-state index contributed by atoms with van der Waals surface area (Å²) in [6.07, 6.45) is 3.29. The Kier molecular flexibility index (Phi) is 4.63. The number of hydrogen-bond acceptors (Lipinski definition) is 3. The average molecular weight is 279 g/mol. The molecule has 2 rings (SSSR count). The molecule has 0 aliphatic heterocycles. The fourth-order valence-corrected chi connectivity index (χ4v) is 1.66. The summed E-state index contributed by atoms with van der Waals surface area (Å²) in [7, 11) is 0. The maximum atomic E-state index is 14.2. The molecule has 0 spiro atoms. The van der Waals surface area contributed by atoms with Gasteiger partial charge in [-0.25, -0.2) is 0 Å². The van der Waals surface area contributed by atoms with Crippen LogP contribution in [-0.2, 0) is 10.7 Å². The summed E-state index contributed by atoms with van der Waals surface area (Å²) in [4.78, 5) is 0. The number of hydrogen-bond donors (Lipinski definition) is 0. The summed E-state index contributed by atoms with van der Waals surface area (Å²) in [5.74, 6) is -3.67. The van der Waals surface area contributed by atoms with Gasteiger partial charge in [0.2, 0.25) is 5.76 Å². The molecule has 20 heavy (non-hydrogen) atoms. The lowest BCUT2D eigenvalue weighted by atomic mass is 10.1. The Balaban J connectivity index is 2.14. The van der Waals surface area contributed by atoms with Crippen molar-refractivity contribution in [3.05, 3.63) is 59.5 Å².